The Bertz CT molecular complexity index is 732. The second-order valence-electron chi connectivity index (χ2n) is 11.9. The van der Waals surface area contributed by atoms with Crippen LogP contribution in [-0.4, -0.2) is 165 Å². The summed E-state index contributed by atoms with van der Waals surface area (Å²) < 4.78 is 48.9. The summed E-state index contributed by atoms with van der Waals surface area (Å²) in [6, 6.07) is 0. The molecule has 2 aliphatic rings. The van der Waals surface area contributed by atoms with Gasteiger partial charge in [0.15, 0.2) is 0 Å². The lowest BCUT2D eigenvalue weighted by molar-refractivity contribution is -0.127. The fraction of sp³-hybridized carbons (Fsp3) is 0.970. The number of rotatable bonds is 31. The van der Waals surface area contributed by atoms with Crippen LogP contribution in [0, 0.1) is 17.8 Å². The van der Waals surface area contributed by atoms with E-state index in [0.717, 1.165) is 25.7 Å². The van der Waals surface area contributed by atoms with Crippen LogP contribution < -0.4 is 5.32 Å². The van der Waals surface area contributed by atoms with E-state index in [4.69, 9.17) is 42.6 Å². The number of ether oxygens (including phenoxy) is 9. The van der Waals surface area contributed by atoms with Crippen molar-refractivity contribution >= 4 is 5.91 Å². The zero-order chi connectivity index (χ0) is 33.8. The van der Waals surface area contributed by atoms with Gasteiger partial charge in [0, 0.05) is 25.6 Å². The molecule has 1 saturated heterocycles. The van der Waals surface area contributed by atoms with Gasteiger partial charge in [0.05, 0.1) is 112 Å². The third kappa shape index (κ3) is 21.0. The molecule has 1 heterocycles. The van der Waals surface area contributed by atoms with Crippen molar-refractivity contribution in [2.75, 3.05) is 132 Å². The van der Waals surface area contributed by atoms with Gasteiger partial charge in [-0.1, -0.05) is 6.92 Å². The number of carbonyl (C=O) groups excluding carboxylic acids is 1. The van der Waals surface area contributed by atoms with Crippen LogP contribution in [-0.2, 0) is 47.4 Å². The van der Waals surface area contributed by atoms with Gasteiger partial charge in [0.1, 0.15) is 12.5 Å². The minimum Gasteiger partial charge on any atom is -0.379 e. The fourth-order valence-electron chi connectivity index (χ4n) is 5.52. The lowest BCUT2D eigenvalue weighted by Gasteiger charge is -2.33. The maximum absolute atomic E-state index is 12.5. The summed E-state index contributed by atoms with van der Waals surface area (Å²) in [6.07, 6.45) is 3.02. The molecule has 1 amide bonds. The first kappa shape index (κ1) is 42.2. The molecular weight excluding hydrogens is 616 g/mol. The SMILES string of the molecule is CCOCCOCCOCCOCCOCCOCCOCCOCCOCCNC(=O)[C@H]1CC[C@H](CN2[C@H](O)CC(C)[C@@H]2O)CC1. The highest BCUT2D eigenvalue weighted by atomic mass is 16.6. The van der Waals surface area contributed by atoms with E-state index in [-0.39, 0.29) is 17.7 Å². The highest BCUT2D eigenvalue weighted by Gasteiger charge is 2.38. The van der Waals surface area contributed by atoms with Crippen LogP contribution in [0.5, 0.6) is 0 Å². The maximum Gasteiger partial charge on any atom is 0.223 e. The van der Waals surface area contributed by atoms with E-state index < -0.39 is 12.5 Å². The van der Waals surface area contributed by atoms with E-state index in [1.807, 2.05) is 18.7 Å². The summed E-state index contributed by atoms with van der Waals surface area (Å²) >= 11 is 0. The fourth-order valence-corrected chi connectivity index (χ4v) is 5.52. The number of aliphatic hydroxyl groups excluding tert-OH is 2. The smallest absolute Gasteiger partial charge is 0.223 e. The topological polar surface area (TPSA) is 156 Å². The summed E-state index contributed by atoms with van der Waals surface area (Å²) in [5.74, 6) is 0.604. The molecule has 0 spiro atoms. The first-order valence-corrected chi connectivity index (χ1v) is 17.6. The van der Waals surface area contributed by atoms with E-state index in [1.165, 1.54) is 0 Å². The summed E-state index contributed by atoms with van der Waals surface area (Å²) in [5, 5.41) is 23.4. The Balaban J connectivity index is 1.23. The molecule has 1 aliphatic carbocycles. The van der Waals surface area contributed by atoms with Crippen LogP contribution in [0.4, 0.5) is 0 Å². The van der Waals surface area contributed by atoms with Crippen molar-refractivity contribution in [1.82, 2.24) is 10.2 Å². The lowest BCUT2D eigenvalue weighted by Crippen LogP contribution is -2.42. The number of nitrogens with one attached hydrogen (secondary N) is 1. The highest BCUT2D eigenvalue weighted by molar-refractivity contribution is 5.78. The number of likely N-dealkylation sites (tertiary alicyclic amines) is 1. The average molecular weight is 681 g/mol. The van der Waals surface area contributed by atoms with Crippen LogP contribution in [0.2, 0.25) is 0 Å². The standard InChI is InChI=1S/C33H64N2O12/c1-3-39-10-11-41-14-15-43-18-19-45-22-23-47-25-24-46-21-20-44-17-16-42-13-12-40-9-8-34-32(37)30-6-4-29(5-7-30)27-35-31(36)26-28(2)33(35)38/h28-31,33,36,38H,3-27H2,1-2H3,(H,34,37)/t28?,29-,30-,31-,33+/m1/s1. The molecule has 0 radical (unpaired) electrons. The largest absolute Gasteiger partial charge is 0.379 e. The van der Waals surface area contributed by atoms with Crippen molar-refractivity contribution in [3.63, 3.8) is 0 Å². The van der Waals surface area contributed by atoms with E-state index in [9.17, 15) is 15.0 Å². The van der Waals surface area contributed by atoms with Crippen molar-refractivity contribution < 1.29 is 57.6 Å². The number of carbonyl (C=O) groups is 1. The Morgan fingerprint density at radius 2 is 1.00 bits per heavy atom. The van der Waals surface area contributed by atoms with Gasteiger partial charge in [-0.3, -0.25) is 9.69 Å². The molecule has 278 valence electrons. The average Bonchev–Trinajstić information content (AvgIpc) is 3.31. The number of nitrogens with zero attached hydrogens (tertiary/aromatic N) is 1. The maximum atomic E-state index is 12.5. The zero-order valence-corrected chi connectivity index (χ0v) is 29.0. The van der Waals surface area contributed by atoms with E-state index in [2.05, 4.69) is 5.32 Å². The normalized spacial score (nSPS) is 23.4. The summed E-state index contributed by atoms with van der Waals surface area (Å²) in [7, 11) is 0. The van der Waals surface area contributed by atoms with Gasteiger partial charge in [0.2, 0.25) is 5.91 Å². The zero-order valence-electron chi connectivity index (χ0n) is 29.0. The van der Waals surface area contributed by atoms with Gasteiger partial charge >= 0.3 is 0 Å². The summed E-state index contributed by atoms with van der Waals surface area (Å²) in [5.41, 5.74) is 0. The number of hydrogen-bond donors (Lipinski definition) is 3. The van der Waals surface area contributed by atoms with Crippen molar-refractivity contribution in [3.05, 3.63) is 0 Å². The van der Waals surface area contributed by atoms with Gasteiger partial charge in [-0.25, -0.2) is 0 Å². The van der Waals surface area contributed by atoms with Gasteiger partial charge in [-0.15, -0.1) is 0 Å². The van der Waals surface area contributed by atoms with Crippen LogP contribution in [0.1, 0.15) is 46.0 Å². The highest BCUT2D eigenvalue weighted by Crippen LogP contribution is 2.33. The Hall–Kier alpha value is -1.01. The molecule has 0 aromatic carbocycles. The molecular formula is C33H64N2O12. The Morgan fingerprint density at radius 3 is 1.36 bits per heavy atom. The molecule has 1 aliphatic heterocycles. The third-order valence-corrected chi connectivity index (χ3v) is 8.23. The molecule has 47 heavy (non-hydrogen) atoms. The molecule has 0 bridgehead atoms. The Labute approximate surface area is 281 Å². The molecule has 2 fully saturated rings. The van der Waals surface area contributed by atoms with Crippen molar-refractivity contribution in [2.24, 2.45) is 17.8 Å². The summed E-state index contributed by atoms with van der Waals surface area (Å²) in [4.78, 5) is 14.3. The molecule has 14 nitrogen and oxygen atoms in total. The van der Waals surface area contributed by atoms with E-state index in [1.54, 1.807) is 0 Å². The van der Waals surface area contributed by atoms with Crippen molar-refractivity contribution in [3.8, 4) is 0 Å². The minimum absolute atomic E-state index is 0.0237. The first-order chi connectivity index (χ1) is 23.0. The van der Waals surface area contributed by atoms with Gasteiger partial charge in [-0.05, 0) is 50.9 Å². The Kier molecular flexibility index (Phi) is 25.8. The van der Waals surface area contributed by atoms with Crippen LogP contribution in [0.15, 0.2) is 0 Å². The van der Waals surface area contributed by atoms with Crippen LogP contribution in [0.3, 0.4) is 0 Å². The lowest BCUT2D eigenvalue weighted by atomic mass is 9.81. The Morgan fingerprint density at radius 1 is 0.617 bits per heavy atom. The number of hydrogen-bond acceptors (Lipinski definition) is 13. The molecule has 3 N–H and O–H groups in total. The van der Waals surface area contributed by atoms with Crippen molar-refractivity contribution in [2.45, 2.75) is 58.4 Å². The summed E-state index contributed by atoms with van der Waals surface area (Å²) in [6.45, 7) is 14.5. The molecule has 14 heteroatoms. The van der Waals surface area contributed by atoms with Gasteiger partial charge in [0.25, 0.3) is 0 Å². The predicted molar refractivity (Wildman–Crippen MR) is 174 cm³/mol. The second-order valence-corrected chi connectivity index (χ2v) is 11.9. The van der Waals surface area contributed by atoms with Gasteiger partial charge < -0.3 is 58.2 Å². The van der Waals surface area contributed by atoms with Gasteiger partial charge in [-0.2, -0.15) is 0 Å². The third-order valence-electron chi connectivity index (χ3n) is 8.23. The molecule has 0 aromatic rings. The molecule has 1 unspecified atom stereocenters. The van der Waals surface area contributed by atoms with E-state index in [0.29, 0.717) is 144 Å². The minimum atomic E-state index is -0.574. The molecule has 2 rings (SSSR count). The number of aliphatic hydroxyl groups is 2. The van der Waals surface area contributed by atoms with Crippen molar-refractivity contribution in [1.29, 1.82) is 0 Å². The first-order valence-electron chi connectivity index (χ1n) is 17.6. The van der Waals surface area contributed by atoms with Crippen LogP contribution in [0.25, 0.3) is 0 Å². The molecule has 3 atom stereocenters. The number of amides is 1. The quantitative estimate of drug-likeness (QED) is 0.0895. The molecule has 1 saturated carbocycles. The second kappa shape index (κ2) is 28.8. The monoisotopic (exact) mass is 680 g/mol. The van der Waals surface area contributed by atoms with E-state index >= 15 is 0 Å². The van der Waals surface area contributed by atoms with Crippen LogP contribution >= 0.6 is 0 Å². The predicted octanol–water partition coefficient (Wildman–Crippen LogP) is 1.06. The molecule has 0 aromatic heterocycles.